The summed E-state index contributed by atoms with van der Waals surface area (Å²) in [6.45, 7) is 6.77. The first kappa shape index (κ1) is 26.3. The number of amides is 2. The molecule has 3 N–H and O–H groups in total. The molecule has 2 aromatic rings. The molecule has 7 nitrogen and oxygen atoms in total. The molecule has 1 aliphatic rings. The van der Waals surface area contributed by atoms with E-state index in [4.69, 9.17) is 9.84 Å². The van der Waals surface area contributed by atoms with Gasteiger partial charge in [-0.25, -0.2) is 4.79 Å². The first-order chi connectivity index (χ1) is 16.8. The van der Waals surface area contributed by atoms with Crippen LogP contribution in [0.5, 0.6) is 0 Å². The lowest BCUT2D eigenvalue weighted by Gasteiger charge is -2.21. The Labute approximate surface area is 207 Å². The zero-order chi connectivity index (χ0) is 25.4. The van der Waals surface area contributed by atoms with Crippen molar-refractivity contribution in [3.05, 3.63) is 59.7 Å². The van der Waals surface area contributed by atoms with Gasteiger partial charge in [-0.1, -0.05) is 69.3 Å². The van der Waals surface area contributed by atoms with Crippen LogP contribution in [0.3, 0.4) is 0 Å². The zero-order valence-corrected chi connectivity index (χ0v) is 20.8. The largest absolute Gasteiger partial charge is 0.481 e. The monoisotopic (exact) mass is 480 g/mol. The molecule has 2 unspecified atom stereocenters. The second-order valence-corrected chi connectivity index (χ2v) is 9.62. The summed E-state index contributed by atoms with van der Waals surface area (Å²) in [6.07, 6.45) is 0.919. The number of fused-ring (bicyclic) bond motifs is 3. The van der Waals surface area contributed by atoms with Gasteiger partial charge in [0.25, 0.3) is 0 Å². The Morgan fingerprint density at radius 3 is 2.09 bits per heavy atom. The van der Waals surface area contributed by atoms with Crippen molar-refractivity contribution >= 4 is 18.0 Å². The minimum absolute atomic E-state index is 0.0103. The molecule has 0 heterocycles. The number of nitrogens with one attached hydrogen (secondary N) is 2. The molecule has 0 radical (unpaired) electrons. The number of hydrogen-bond acceptors (Lipinski definition) is 4. The molecule has 0 saturated heterocycles. The van der Waals surface area contributed by atoms with Crippen molar-refractivity contribution in [1.82, 2.24) is 10.6 Å². The molecule has 35 heavy (non-hydrogen) atoms. The highest BCUT2D eigenvalue weighted by atomic mass is 16.5. The summed E-state index contributed by atoms with van der Waals surface area (Å²) in [5.41, 5.74) is 4.64. The van der Waals surface area contributed by atoms with Gasteiger partial charge in [0.2, 0.25) is 5.91 Å². The molecule has 3 rings (SSSR count). The topological polar surface area (TPSA) is 105 Å². The van der Waals surface area contributed by atoms with Gasteiger partial charge >= 0.3 is 12.1 Å². The highest BCUT2D eigenvalue weighted by molar-refractivity contribution is 5.80. The van der Waals surface area contributed by atoms with Crippen LogP contribution in [0.2, 0.25) is 0 Å². The third-order valence-electron chi connectivity index (χ3n) is 6.83. The minimum Gasteiger partial charge on any atom is -0.481 e. The molecular formula is C28H36N2O5. The molecule has 0 saturated carbocycles. The van der Waals surface area contributed by atoms with E-state index >= 15 is 0 Å². The summed E-state index contributed by atoms with van der Waals surface area (Å²) in [5.74, 6) is -0.784. The van der Waals surface area contributed by atoms with Gasteiger partial charge in [0, 0.05) is 25.4 Å². The molecule has 0 aliphatic heterocycles. The molecule has 0 spiro atoms. The van der Waals surface area contributed by atoms with Crippen molar-refractivity contribution < 1.29 is 24.2 Å². The van der Waals surface area contributed by atoms with Crippen molar-refractivity contribution in [2.75, 3.05) is 19.7 Å². The van der Waals surface area contributed by atoms with Gasteiger partial charge in [0.1, 0.15) is 6.61 Å². The average Bonchev–Trinajstić information content (AvgIpc) is 3.16. The Balaban J connectivity index is 1.41. The highest BCUT2D eigenvalue weighted by Crippen LogP contribution is 2.44. The first-order valence-electron chi connectivity index (χ1n) is 12.4. The van der Waals surface area contributed by atoms with Crippen LogP contribution in [0, 0.1) is 17.8 Å². The lowest BCUT2D eigenvalue weighted by Crippen LogP contribution is -2.38. The minimum atomic E-state index is -0.799. The number of rotatable bonds is 12. The van der Waals surface area contributed by atoms with Crippen LogP contribution in [0.15, 0.2) is 48.5 Å². The fraction of sp³-hybridized carbons (Fsp3) is 0.464. The van der Waals surface area contributed by atoms with E-state index in [1.165, 1.54) is 11.1 Å². The van der Waals surface area contributed by atoms with E-state index in [2.05, 4.69) is 48.7 Å². The van der Waals surface area contributed by atoms with E-state index in [9.17, 15) is 14.4 Å². The summed E-state index contributed by atoms with van der Waals surface area (Å²) < 4.78 is 5.53. The summed E-state index contributed by atoms with van der Waals surface area (Å²) in [6, 6.07) is 16.3. The average molecular weight is 481 g/mol. The van der Waals surface area contributed by atoms with Gasteiger partial charge < -0.3 is 20.5 Å². The van der Waals surface area contributed by atoms with Crippen molar-refractivity contribution in [3.63, 3.8) is 0 Å². The predicted octanol–water partition coefficient (Wildman–Crippen LogP) is 4.80. The Hall–Kier alpha value is -3.35. The maximum Gasteiger partial charge on any atom is 0.407 e. The Morgan fingerprint density at radius 1 is 0.914 bits per heavy atom. The molecule has 0 aromatic heterocycles. The molecule has 188 valence electrons. The lowest BCUT2D eigenvalue weighted by molar-refractivity contribution is -0.137. The van der Waals surface area contributed by atoms with Crippen LogP contribution < -0.4 is 10.6 Å². The third-order valence-corrected chi connectivity index (χ3v) is 6.83. The van der Waals surface area contributed by atoms with E-state index in [1.54, 1.807) is 6.92 Å². The molecule has 2 amide bonds. The van der Waals surface area contributed by atoms with Crippen LogP contribution >= 0.6 is 0 Å². The lowest BCUT2D eigenvalue weighted by atomic mass is 9.88. The number of carbonyl (C=O) groups excluding carboxylic acids is 2. The van der Waals surface area contributed by atoms with Gasteiger partial charge in [-0.15, -0.1) is 0 Å². The van der Waals surface area contributed by atoms with E-state index in [0.29, 0.717) is 18.9 Å². The predicted molar refractivity (Wildman–Crippen MR) is 135 cm³/mol. The SMILES string of the molecule is CC(CNC(=O)OCC1c2ccccc2-c2ccccc21)C(=O)NCCC(CCC(=O)O)C(C)C. The third kappa shape index (κ3) is 7.07. The van der Waals surface area contributed by atoms with Crippen LogP contribution in [0.4, 0.5) is 4.79 Å². The second-order valence-electron chi connectivity index (χ2n) is 9.62. The summed E-state index contributed by atoms with van der Waals surface area (Å²) in [7, 11) is 0. The highest BCUT2D eigenvalue weighted by Gasteiger charge is 2.29. The molecule has 2 atom stereocenters. The van der Waals surface area contributed by atoms with Crippen LogP contribution in [-0.4, -0.2) is 42.8 Å². The summed E-state index contributed by atoms with van der Waals surface area (Å²) in [4.78, 5) is 35.6. The molecule has 1 aliphatic carbocycles. The van der Waals surface area contributed by atoms with E-state index < -0.39 is 18.0 Å². The maximum atomic E-state index is 12.4. The van der Waals surface area contributed by atoms with E-state index in [0.717, 1.165) is 17.5 Å². The number of carboxylic acid groups (broad SMARTS) is 1. The number of carbonyl (C=O) groups is 3. The Kier molecular flexibility index (Phi) is 9.29. The van der Waals surface area contributed by atoms with Crippen molar-refractivity contribution in [1.29, 1.82) is 0 Å². The van der Waals surface area contributed by atoms with Gasteiger partial charge in [0.05, 0.1) is 5.92 Å². The quantitative estimate of drug-likeness (QED) is 0.405. The fourth-order valence-corrected chi connectivity index (χ4v) is 4.65. The summed E-state index contributed by atoms with van der Waals surface area (Å²) in [5, 5.41) is 14.5. The molecular weight excluding hydrogens is 444 g/mol. The van der Waals surface area contributed by atoms with Gasteiger partial charge in [-0.3, -0.25) is 9.59 Å². The summed E-state index contributed by atoms with van der Waals surface area (Å²) >= 11 is 0. The van der Waals surface area contributed by atoms with Gasteiger partial charge in [-0.2, -0.15) is 0 Å². The Bertz CT molecular complexity index is 990. The Morgan fingerprint density at radius 2 is 1.51 bits per heavy atom. The van der Waals surface area contributed by atoms with E-state index in [-0.39, 0.29) is 37.3 Å². The number of carboxylic acids is 1. The second kappa shape index (κ2) is 12.4. The zero-order valence-electron chi connectivity index (χ0n) is 20.8. The van der Waals surface area contributed by atoms with Gasteiger partial charge in [0.15, 0.2) is 0 Å². The smallest absolute Gasteiger partial charge is 0.407 e. The van der Waals surface area contributed by atoms with Crippen molar-refractivity contribution in [3.8, 4) is 11.1 Å². The van der Waals surface area contributed by atoms with Crippen molar-refractivity contribution in [2.45, 2.75) is 46.0 Å². The normalized spacial score (nSPS) is 14.1. The maximum absolute atomic E-state index is 12.4. The molecule has 7 heteroatoms. The number of alkyl carbamates (subject to hydrolysis) is 1. The molecule has 2 aromatic carbocycles. The van der Waals surface area contributed by atoms with Crippen LogP contribution in [0.25, 0.3) is 11.1 Å². The van der Waals surface area contributed by atoms with Crippen LogP contribution in [-0.2, 0) is 14.3 Å². The number of benzene rings is 2. The van der Waals surface area contributed by atoms with Crippen LogP contribution in [0.1, 0.15) is 57.1 Å². The number of aliphatic carboxylic acids is 1. The van der Waals surface area contributed by atoms with Crippen molar-refractivity contribution in [2.24, 2.45) is 17.8 Å². The number of hydrogen-bond donors (Lipinski definition) is 3. The molecule has 0 fully saturated rings. The molecule has 0 bridgehead atoms. The standard InChI is InChI=1S/C28H36N2O5/c1-18(2)20(12-13-26(31)32)14-15-29-27(33)19(3)16-30-28(34)35-17-25-23-10-6-4-8-21(23)22-9-5-7-11-24(22)25/h4-11,18-20,25H,12-17H2,1-3H3,(H,29,33)(H,30,34)(H,31,32). The number of ether oxygens (including phenoxy) is 1. The first-order valence-corrected chi connectivity index (χ1v) is 12.4. The van der Waals surface area contributed by atoms with E-state index in [1.807, 2.05) is 24.3 Å². The van der Waals surface area contributed by atoms with Gasteiger partial charge in [-0.05, 0) is 46.9 Å². The fourth-order valence-electron chi connectivity index (χ4n) is 4.65.